The van der Waals surface area contributed by atoms with Gasteiger partial charge >= 0.3 is 0 Å². The number of piperidine rings is 1. The molecule has 0 radical (unpaired) electrons. The third-order valence-corrected chi connectivity index (χ3v) is 4.26. The SMILES string of the molecule is CCN(C(=O)c1cccc(Cl)c1C)C1CCNCC1. The Kier molecular flexibility index (Phi) is 4.83. The van der Waals surface area contributed by atoms with Crippen molar-refractivity contribution in [1.82, 2.24) is 10.2 Å². The van der Waals surface area contributed by atoms with Gasteiger partial charge in [0.25, 0.3) is 5.91 Å². The van der Waals surface area contributed by atoms with Gasteiger partial charge in [0, 0.05) is 23.2 Å². The van der Waals surface area contributed by atoms with Crippen LogP contribution in [0.3, 0.4) is 0 Å². The first-order valence-corrected chi connectivity index (χ1v) is 7.29. The van der Waals surface area contributed by atoms with Crippen LogP contribution in [0.5, 0.6) is 0 Å². The molecule has 0 atom stereocenters. The molecule has 1 N–H and O–H groups in total. The van der Waals surface area contributed by atoms with E-state index in [1.807, 2.05) is 36.9 Å². The molecule has 1 aromatic carbocycles. The summed E-state index contributed by atoms with van der Waals surface area (Å²) in [7, 11) is 0. The minimum Gasteiger partial charge on any atom is -0.336 e. The number of halogens is 1. The second kappa shape index (κ2) is 6.40. The van der Waals surface area contributed by atoms with E-state index >= 15 is 0 Å². The van der Waals surface area contributed by atoms with Crippen LogP contribution in [-0.2, 0) is 0 Å². The Morgan fingerprint density at radius 3 is 2.74 bits per heavy atom. The van der Waals surface area contributed by atoms with Gasteiger partial charge in [0.15, 0.2) is 0 Å². The Morgan fingerprint density at radius 2 is 2.11 bits per heavy atom. The van der Waals surface area contributed by atoms with Gasteiger partial charge in [0.05, 0.1) is 0 Å². The van der Waals surface area contributed by atoms with Crippen LogP contribution in [0.4, 0.5) is 0 Å². The maximum absolute atomic E-state index is 12.7. The molecule has 1 heterocycles. The fourth-order valence-corrected chi connectivity index (χ4v) is 2.85. The van der Waals surface area contributed by atoms with Crippen LogP contribution in [-0.4, -0.2) is 36.5 Å². The minimum absolute atomic E-state index is 0.106. The summed E-state index contributed by atoms with van der Waals surface area (Å²) < 4.78 is 0. The van der Waals surface area contributed by atoms with Gasteiger partial charge < -0.3 is 10.2 Å². The molecule has 1 saturated heterocycles. The van der Waals surface area contributed by atoms with E-state index in [2.05, 4.69) is 5.32 Å². The Balaban J connectivity index is 2.22. The molecule has 3 nitrogen and oxygen atoms in total. The second-order valence-electron chi connectivity index (χ2n) is 4.98. The first-order valence-electron chi connectivity index (χ1n) is 6.92. The van der Waals surface area contributed by atoms with Crippen LogP contribution in [0.25, 0.3) is 0 Å². The molecule has 19 heavy (non-hydrogen) atoms. The lowest BCUT2D eigenvalue weighted by Crippen LogP contribution is -2.46. The fourth-order valence-electron chi connectivity index (χ4n) is 2.68. The van der Waals surface area contributed by atoms with Crippen molar-refractivity contribution >= 4 is 17.5 Å². The highest BCUT2D eigenvalue weighted by Crippen LogP contribution is 2.22. The lowest BCUT2D eigenvalue weighted by Gasteiger charge is -2.34. The van der Waals surface area contributed by atoms with Crippen molar-refractivity contribution in [2.45, 2.75) is 32.7 Å². The normalized spacial score (nSPS) is 16.4. The molecule has 2 rings (SSSR count). The number of amides is 1. The van der Waals surface area contributed by atoms with Crippen molar-refractivity contribution in [3.63, 3.8) is 0 Å². The van der Waals surface area contributed by atoms with Crippen molar-refractivity contribution < 1.29 is 4.79 Å². The van der Waals surface area contributed by atoms with E-state index in [1.54, 1.807) is 0 Å². The summed E-state index contributed by atoms with van der Waals surface area (Å²) >= 11 is 6.11. The fraction of sp³-hybridized carbons (Fsp3) is 0.533. The van der Waals surface area contributed by atoms with Crippen molar-refractivity contribution in [3.05, 3.63) is 34.3 Å². The van der Waals surface area contributed by atoms with E-state index in [0.717, 1.165) is 43.6 Å². The van der Waals surface area contributed by atoms with Gasteiger partial charge in [-0.2, -0.15) is 0 Å². The predicted octanol–water partition coefficient (Wildman–Crippen LogP) is 2.86. The summed E-state index contributed by atoms with van der Waals surface area (Å²) in [5, 5.41) is 3.99. The lowest BCUT2D eigenvalue weighted by molar-refractivity contribution is 0.0655. The van der Waals surface area contributed by atoms with Crippen molar-refractivity contribution in [2.75, 3.05) is 19.6 Å². The summed E-state index contributed by atoms with van der Waals surface area (Å²) in [6.45, 7) is 6.67. The topological polar surface area (TPSA) is 32.3 Å². The van der Waals surface area contributed by atoms with E-state index in [1.165, 1.54) is 0 Å². The number of hydrogen-bond donors (Lipinski definition) is 1. The van der Waals surface area contributed by atoms with Crippen LogP contribution in [0, 0.1) is 6.92 Å². The van der Waals surface area contributed by atoms with Crippen LogP contribution >= 0.6 is 11.6 Å². The third kappa shape index (κ3) is 3.10. The van der Waals surface area contributed by atoms with Gasteiger partial charge in [-0.15, -0.1) is 0 Å². The lowest BCUT2D eigenvalue weighted by atomic mass is 10.0. The summed E-state index contributed by atoms with van der Waals surface area (Å²) in [5.74, 6) is 0.106. The molecule has 0 saturated carbocycles. The first-order chi connectivity index (χ1) is 9.15. The number of carbonyl (C=O) groups excluding carboxylic acids is 1. The Morgan fingerprint density at radius 1 is 1.42 bits per heavy atom. The monoisotopic (exact) mass is 280 g/mol. The van der Waals surface area contributed by atoms with Gasteiger partial charge in [-0.1, -0.05) is 17.7 Å². The molecule has 0 aromatic heterocycles. The maximum atomic E-state index is 12.7. The molecule has 0 unspecified atom stereocenters. The molecule has 0 spiro atoms. The van der Waals surface area contributed by atoms with Crippen molar-refractivity contribution in [2.24, 2.45) is 0 Å². The summed E-state index contributed by atoms with van der Waals surface area (Å²) in [6.07, 6.45) is 2.05. The molecule has 0 bridgehead atoms. The number of carbonyl (C=O) groups is 1. The smallest absolute Gasteiger partial charge is 0.254 e. The number of nitrogens with zero attached hydrogens (tertiary/aromatic N) is 1. The van der Waals surface area contributed by atoms with E-state index < -0.39 is 0 Å². The average molecular weight is 281 g/mol. The Bertz CT molecular complexity index is 455. The van der Waals surface area contributed by atoms with E-state index in [-0.39, 0.29) is 5.91 Å². The Labute approximate surface area is 119 Å². The molecular formula is C15H21ClN2O. The molecule has 1 aliphatic heterocycles. The zero-order chi connectivity index (χ0) is 13.8. The van der Waals surface area contributed by atoms with Gasteiger partial charge in [0.2, 0.25) is 0 Å². The maximum Gasteiger partial charge on any atom is 0.254 e. The number of rotatable bonds is 3. The number of hydrogen-bond acceptors (Lipinski definition) is 2. The zero-order valence-corrected chi connectivity index (χ0v) is 12.3. The Hall–Kier alpha value is -1.06. The largest absolute Gasteiger partial charge is 0.336 e. The highest BCUT2D eigenvalue weighted by atomic mass is 35.5. The first kappa shape index (κ1) is 14.4. The summed E-state index contributed by atoms with van der Waals surface area (Å²) in [6, 6.07) is 5.89. The molecule has 0 aliphatic carbocycles. The van der Waals surface area contributed by atoms with E-state index in [9.17, 15) is 4.79 Å². The number of benzene rings is 1. The molecule has 1 amide bonds. The average Bonchev–Trinajstić information content (AvgIpc) is 2.44. The van der Waals surface area contributed by atoms with Gasteiger partial charge in [-0.25, -0.2) is 0 Å². The van der Waals surface area contributed by atoms with E-state index in [0.29, 0.717) is 11.1 Å². The van der Waals surface area contributed by atoms with Crippen LogP contribution in [0.1, 0.15) is 35.7 Å². The summed E-state index contributed by atoms with van der Waals surface area (Å²) in [4.78, 5) is 14.7. The van der Waals surface area contributed by atoms with Gasteiger partial charge in [-0.3, -0.25) is 4.79 Å². The molecular weight excluding hydrogens is 260 g/mol. The van der Waals surface area contributed by atoms with E-state index in [4.69, 9.17) is 11.6 Å². The quantitative estimate of drug-likeness (QED) is 0.923. The van der Waals surface area contributed by atoms with Crippen LogP contribution < -0.4 is 5.32 Å². The predicted molar refractivity (Wildman–Crippen MR) is 78.8 cm³/mol. The number of nitrogens with one attached hydrogen (secondary N) is 1. The molecule has 1 aliphatic rings. The third-order valence-electron chi connectivity index (χ3n) is 3.85. The van der Waals surface area contributed by atoms with Crippen LogP contribution in [0.2, 0.25) is 5.02 Å². The van der Waals surface area contributed by atoms with Crippen molar-refractivity contribution in [1.29, 1.82) is 0 Å². The molecule has 1 fully saturated rings. The molecule has 104 valence electrons. The highest BCUT2D eigenvalue weighted by Gasteiger charge is 2.25. The van der Waals surface area contributed by atoms with Gasteiger partial charge in [0.1, 0.15) is 0 Å². The van der Waals surface area contributed by atoms with Gasteiger partial charge in [-0.05, 0) is 57.5 Å². The minimum atomic E-state index is 0.106. The highest BCUT2D eigenvalue weighted by molar-refractivity contribution is 6.31. The van der Waals surface area contributed by atoms with Crippen molar-refractivity contribution in [3.8, 4) is 0 Å². The van der Waals surface area contributed by atoms with Crippen LogP contribution in [0.15, 0.2) is 18.2 Å². The molecule has 1 aromatic rings. The standard InChI is InChI=1S/C15H21ClN2O/c1-3-18(12-7-9-17-10-8-12)15(19)13-5-4-6-14(16)11(13)2/h4-6,12,17H,3,7-10H2,1-2H3. The molecule has 4 heteroatoms. The zero-order valence-electron chi connectivity index (χ0n) is 11.6. The summed E-state index contributed by atoms with van der Waals surface area (Å²) in [5.41, 5.74) is 1.61. The second-order valence-corrected chi connectivity index (χ2v) is 5.39.